The Bertz CT molecular complexity index is 375. The first-order valence-electron chi connectivity index (χ1n) is 3.57. The van der Waals surface area contributed by atoms with Crippen LogP contribution in [-0.2, 0) is 10.1 Å². The molecule has 3 N–H and O–H groups in total. The predicted octanol–water partition coefficient (Wildman–Crippen LogP) is -3.93. The van der Waals surface area contributed by atoms with Crippen LogP contribution in [0, 0.1) is 0 Å². The maximum Gasteiger partial charge on any atom is 1.00 e. The third kappa shape index (κ3) is 2.21. The maximum atomic E-state index is 10.8. The van der Waals surface area contributed by atoms with Gasteiger partial charge in [-0.25, -0.2) is 8.42 Å². The minimum Gasteiger partial charge on any atom is -0.747 e. The summed E-state index contributed by atoms with van der Waals surface area (Å²) in [5.74, 6) is 0. The van der Waals surface area contributed by atoms with Crippen LogP contribution < -0.4 is 35.3 Å². The minimum atomic E-state index is -4.62. The van der Waals surface area contributed by atoms with Gasteiger partial charge in [-0.2, -0.15) is 0 Å². The fraction of sp³-hybridized carbons (Fsp3) is 0.429. The van der Waals surface area contributed by atoms with Crippen molar-refractivity contribution in [2.75, 3.05) is 0 Å². The number of nitrogens with two attached hydrogens (primary N) is 1. The summed E-state index contributed by atoms with van der Waals surface area (Å²) in [7, 11) is -4.62. The number of allylic oxidation sites excluding steroid dienone is 2. The van der Waals surface area contributed by atoms with E-state index in [1.165, 1.54) is 12.2 Å². The Morgan fingerprint density at radius 1 is 1.64 bits per heavy atom. The zero-order chi connectivity index (χ0) is 10.3. The molecule has 0 fully saturated rings. The van der Waals surface area contributed by atoms with E-state index in [1.54, 1.807) is 0 Å². The molecule has 0 saturated carbocycles. The molecule has 14 heavy (non-hydrogen) atoms. The second-order valence-electron chi connectivity index (χ2n) is 3.07. The molecular weight excluding hydrogens is 217 g/mol. The molecule has 0 aliphatic heterocycles. The molecule has 2 atom stereocenters. The zero-order valence-electron chi connectivity index (χ0n) is 7.97. The number of rotatable bonds is 1. The van der Waals surface area contributed by atoms with E-state index in [1.807, 2.05) is 0 Å². The molecule has 0 radical (unpaired) electrons. The van der Waals surface area contributed by atoms with E-state index in [0.29, 0.717) is 0 Å². The first-order valence-corrected chi connectivity index (χ1v) is 4.98. The van der Waals surface area contributed by atoms with E-state index in [2.05, 4.69) is 0 Å². The molecule has 0 spiro atoms. The van der Waals surface area contributed by atoms with Crippen molar-refractivity contribution in [3.63, 3.8) is 0 Å². The van der Waals surface area contributed by atoms with Crippen molar-refractivity contribution in [1.29, 1.82) is 0 Å². The Kier molecular flexibility index (Phi) is 4.39. The van der Waals surface area contributed by atoms with E-state index < -0.39 is 21.0 Å². The second-order valence-corrected chi connectivity index (χ2v) is 4.85. The molecule has 0 bridgehead atoms. The van der Waals surface area contributed by atoms with Crippen molar-refractivity contribution in [2.45, 2.75) is 17.8 Å². The van der Waals surface area contributed by atoms with E-state index in [4.69, 9.17) is 5.73 Å². The van der Waals surface area contributed by atoms with Crippen LogP contribution in [0.1, 0.15) is 6.92 Å². The summed E-state index contributed by atoms with van der Waals surface area (Å²) >= 11 is 0. The molecule has 2 unspecified atom stereocenters. The minimum absolute atomic E-state index is 0. The quantitative estimate of drug-likeness (QED) is 0.352. The first-order chi connectivity index (χ1) is 5.79. The van der Waals surface area contributed by atoms with E-state index >= 15 is 0 Å². The standard InChI is InChI=1S/C7H11NO4S.Na/c1-7(13(10,11)12)4-2-3-5(8)6(7)9;/h2-4,6,9H,8H2,1H3,(H,10,11,12);/q;+1/p-1. The van der Waals surface area contributed by atoms with Crippen LogP contribution in [0.4, 0.5) is 0 Å². The van der Waals surface area contributed by atoms with Gasteiger partial charge in [0.25, 0.3) is 0 Å². The number of aliphatic hydroxyl groups excluding tert-OH is 1. The van der Waals surface area contributed by atoms with E-state index in [-0.39, 0.29) is 35.3 Å². The average molecular weight is 227 g/mol. The molecule has 1 rings (SSSR count). The molecule has 0 aromatic carbocycles. The third-order valence-electron chi connectivity index (χ3n) is 2.11. The van der Waals surface area contributed by atoms with Gasteiger partial charge in [0.15, 0.2) is 0 Å². The summed E-state index contributed by atoms with van der Waals surface area (Å²) in [6.45, 7) is 1.14. The topological polar surface area (TPSA) is 103 Å². The number of aliphatic hydroxyl groups is 1. The molecule has 0 saturated heterocycles. The molecule has 0 heterocycles. The molecule has 0 amide bonds. The van der Waals surface area contributed by atoms with Crippen LogP contribution in [-0.4, -0.2) is 28.9 Å². The van der Waals surface area contributed by atoms with Gasteiger partial charge in [0.1, 0.15) is 21.0 Å². The Balaban J connectivity index is 0.00000169. The van der Waals surface area contributed by atoms with Gasteiger partial charge in [-0.3, -0.25) is 0 Å². The van der Waals surface area contributed by atoms with Crippen LogP contribution in [0.25, 0.3) is 0 Å². The molecule has 0 aromatic heterocycles. The number of hydrogen-bond acceptors (Lipinski definition) is 5. The van der Waals surface area contributed by atoms with Crippen LogP contribution in [0.15, 0.2) is 23.9 Å². The molecule has 7 heteroatoms. The molecule has 1 aliphatic carbocycles. The van der Waals surface area contributed by atoms with Crippen molar-refractivity contribution in [1.82, 2.24) is 0 Å². The Labute approximate surface area is 105 Å². The van der Waals surface area contributed by atoms with Crippen LogP contribution in [0.3, 0.4) is 0 Å². The van der Waals surface area contributed by atoms with Crippen LogP contribution in [0.5, 0.6) is 0 Å². The van der Waals surface area contributed by atoms with Gasteiger partial charge in [0, 0.05) is 5.70 Å². The Morgan fingerprint density at radius 3 is 2.50 bits per heavy atom. The van der Waals surface area contributed by atoms with Crippen LogP contribution in [0.2, 0.25) is 0 Å². The Morgan fingerprint density at radius 2 is 2.14 bits per heavy atom. The summed E-state index contributed by atoms with van der Waals surface area (Å²) in [4.78, 5) is 0. The summed E-state index contributed by atoms with van der Waals surface area (Å²) in [5.41, 5.74) is 5.28. The van der Waals surface area contributed by atoms with E-state index in [9.17, 15) is 18.1 Å². The van der Waals surface area contributed by atoms with Gasteiger partial charge < -0.3 is 15.4 Å². The average Bonchev–Trinajstić information content (AvgIpc) is 1.98. The van der Waals surface area contributed by atoms with Crippen LogP contribution >= 0.6 is 0 Å². The molecular formula is C7H10NNaO4S. The molecule has 0 aromatic rings. The zero-order valence-corrected chi connectivity index (χ0v) is 10.8. The van der Waals surface area contributed by atoms with Crippen molar-refractivity contribution < 1.29 is 47.6 Å². The smallest absolute Gasteiger partial charge is 0.747 e. The van der Waals surface area contributed by atoms with Gasteiger partial charge in [-0.05, 0) is 13.0 Å². The van der Waals surface area contributed by atoms with Gasteiger partial charge in [-0.15, -0.1) is 0 Å². The SMILES string of the molecule is CC1(S(=O)(=O)[O-])C=CC=C(N)C1O.[Na+]. The van der Waals surface area contributed by atoms with Crippen molar-refractivity contribution in [3.8, 4) is 0 Å². The van der Waals surface area contributed by atoms with Crippen molar-refractivity contribution in [2.24, 2.45) is 5.73 Å². The summed E-state index contributed by atoms with van der Waals surface area (Å²) in [5, 5.41) is 9.41. The van der Waals surface area contributed by atoms with Crippen molar-refractivity contribution in [3.05, 3.63) is 23.9 Å². The fourth-order valence-corrected chi connectivity index (χ4v) is 1.74. The van der Waals surface area contributed by atoms with Gasteiger partial charge >= 0.3 is 29.6 Å². The van der Waals surface area contributed by atoms with Crippen molar-refractivity contribution >= 4 is 10.1 Å². The van der Waals surface area contributed by atoms with Gasteiger partial charge in [0.2, 0.25) is 0 Å². The van der Waals surface area contributed by atoms with Gasteiger partial charge in [0.05, 0.1) is 0 Å². The summed E-state index contributed by atoms with van der Waals surface area (Å²) < 4.78 is 30.6. The molecule has 74 valence electrons. The number of hydrogen-bond donors (Lipinski definition) is 2. The maximum absolute atomic E-state index is 10.8. The first kappa shape index (κ1) is 14.2. The third-order valence-corrected chi connectivity index (χ3v) is 3.55. The summed E-state index contributed by atoms with van der Waals surface area (Å²) in [6.07, 6.45) is 2.37. The monoisotopic (exact) mass is 227 g/mol. The van der Waals surface area contributed by atoms with E-state index in [0.717, 1.165) is 13.0 Å². The predicted molar refractivity (Wildman–Crippen MR) is 45.5 cm³/mol. The second kappa shape index (κ2) is 4.34. The van der Waals surface area contributed by atoms with Gasteiger partial charge in [-0.1, -0.05) is 12.2 Å². The summed E-state index contributed by atoms with van der Waals surface area (Å²) in [6, 6.07) is 0. The Hall–Kier alpha value is 0.150. The molecule has 1 aliphatic rings. The normalized spacial score (nSPS) is 31.9. The fourth-order valence-electron chi connectivity index (χ4n) is 1.08. The molecule has 5 nitrogen and oxygen atoms in total. The largest absolute Gasteiger partial charge is 1.00 e.